The Bertz CT molecular complexity index is 216. The first kappa shape index (κ1) is 18.5. The highest BCUT2D eigenvalue weighted by atomic mass is 16.5. The van der Waals surface area contributed by atoms with Crippen molar-refractivity contribution in [3.05, 3.63) is 0 Å². The molecular formula is C19H36O2. The lowest BCUT2D eigenvalue weighted by atomic mass is 10.0. The summed E-state index contributed by atoms with van der Waals surface area (Å²) in [6, 6.07) is 0. The van der Waals surface area contributed by atoms with Crippen LogP contribution in [0.3, 0.4) is 0 Å². The lowest BCUT2D eigenvalue weighted by molar-refractivity contribution is -0.143. The summed E-state index contributed by atoms with van der Waals surface area (Å²) in [6.45, 7) is 0.638. The molecule has 0 atom stereocenters. The average Bonchev–Trinajstić information content (AvgIpc) is 2.48. The largest absolute Gasteiger partial charge is 0.466 e. The smallest absolute Gasteiger partial charge is 0.305 e. The third-order valence-electron chi connectivity index (χ3n) is 4.54. The monoisotopic (exact) mass is 296 g/mol. The fourth-order valence-electron chi connectivity index (χ4n) is 3.10. The summed E-state index contributed by atoms with van der Waals surface area (Å²) in [5.74, 6) is 0.0180. The van der Waals surface area contributed by atoms with Crippen LogP contribution in [0.4, 0.5) is 0 Å². The highest BCUT2D eigenvalue weighted by Crippen LogP contribution is 2.14. The molecule has 0 saturated carbocycles. The summed E-state index contributed by atoms with van der Waals surface area (Å²) in [5.41, 5.74) is 0. The number of hydrogen-bond acceptors (Lipinski definition) is 2. The molecule has 0 amide bonds. The topological polar surface area (TPSA) is 26.3 Å². The Balaban J connectivity index is 2.09. The van der Waals surface area contributed by atoms with Crippen LogP contribution in [0.25, 0.3) is 0 Å². The minimum atomic E-state index is 0.0180. The zero-order valence-electron chi connectivity index (χ0n) is 14.0. The molecule has 0 bridgehead atoms. The fourth-order valence-corrected chi connectivity index (χ4v) is 3.10. The maximum atomic E-state index is 11.5. The lowest BCUT2D eigenvalue weighted by Gasteiger charge is -2.06. The molecule has 0 unspecified atom stereocenters. The minimum Gasteiger partial charge on any atom is -0.466 e. The van der Waals surface area contributed by atoms with Crippen molar-refractivity contribution in [3.8, 4) is 0 Å². The van der Waals surface area contributed by atoms with Crippen LogP contribution in [0.5, 0.6) is 0 Å². The standard InChI is InChI=1S/C19H36O2/c20-19-17-15-13-11-9-7-5-3-1-2-4-6-8-10-12-14-16-18-21-19/h1-18H2. The second-order valence-electron chi connectivity index (χ2n) is 6.63. The first-order valence-corrected chi connectivity index (χ1v) is 9.55. The highest BCUT2D eigenvalue weighted by molar-refractivity contribution is 5.69. The van der Waals surface area contributed by atoms with Crippen molar-refractivity contribution >= 4 is 5.97 Å². The van der Waals surface area contributed by atoms with Crippen molar-refractivity contribution in [1.29, 1.82) is 0 Å². The Kier molecular flexibility index (Phi) is 12.7. The van der Waals surface area contributed by atoms with Gasteiger partial charge < -0.3 is 4.74 Å². The number of ether oxygens (including phenoxy) is 1. The number of esters is 1. The zero-order chi connectivity index (χ0) is 15.0. The molecule has 0 aromatic heterocycles. The van der Waals surface area contributed by atoms with E-state index in [9.17, 15) is 4.79 Å². The van der Waals surface area contributed by atoms with E-state index in [2.05, 4.69) is 0 Å². The quantitative estimate of drug-likeness (QED) is 0.499. The van der Waals surface area contributed by atoms with Crippen molar-refractivity contribution in [2.24, 2.45) is 0 Å². The molecule has 0 N–H and O–H groups in total. The van der Waals surface area contributed by atoms with Crippen molar-refractivity contribution in [1.82, 2.24) is 0 Å². The SMILES string of the molecule is O=C1CCCCCCCCCCCCCCCCCCO1. The van der Waals surface area contributed by atoms with Gasteiger partial charge in [-0.05, 0) is 12.8 Å². The fraction of sp³-hybridized carbons (Fsp3) is 0.947. The van der Waals surface area contributed by atoms with Crippen LogP contribution in [0.1, 0.15) is 109 Å². The van der Waals surface area contributed by atoms with Gasteiger partial charge in [0.15, 0.2) is 0 Å². The van der Waals surface area contributed by atoms with E-state index in [0.717, 1.165) is 12.8 Å². The molecule has 0 aliphatic carbocycles. The van der Waals surface area contributed by atoms with Gasteiger partial charge in [-0.25, -0.2) is 0 Å². The van der Waals surface area contributed by atoms with E-state index < -0.39 is 0 Å². The second-order valence-corrected chi connectivity index (χ2v) is 6.63. The Morgan fingerprint density at radius 3 is 1.24 bits per heavy atom. The molecule has 1 aliphatic rings. The summed E-state index contributed by atoms with van der Waals surface area (Å²) in [7, 11) is 0. The molecule has 1 fully saturated rings. The molecule has 0 aromatic carbocycles. The number of hydrogen-bond donors (Lipinski definition) is 0. The maximum Gasteiger partial charge on any atom is 0.305 e. The number of carbonyl (C=O) groups is 1. The van der Waals surface area contributed by atoms with Crippen LogP contribution in [0, 0.1) is 0 Å². The lowest BCUT2D eigenvalue weighted by Crippen LogP contribution is -2.05. The molecule has 21 heavy (non-hydrogen) atoms. The van der Waals surface area contributed by atoms with Gasteiger partial charge in [-0.1, -0.05) is 89.9 Å². The van der Waals surface area contributed by atoms with E-state index in [1.54, 1.807) is 0 Å². The van der Waals surface area contributed by atoms with E-state index in [0.29, 0.717) is 13.0 Å². The highest BCUT2D eigenvalue weighted by Gasteiger charge is 2.02. The van der Waals surface area contributed by atoms with E-state index >= 15 is 0 Å². The molecule has 1 heterocycles. The molecular weight excluding hydrogens is 260 g/mol. The van der Waals surface area contributed by atoms with Gasteiger partial charge in [-0.3, -0.25) is 4.79 Å². The van der Waals surface area contributed by atoms with Crippen molar-refractivity contribution in [2.45, 2.75) is 109 Å². The van der Waals surface area contributed by atoms with Gasteiger partial charge in [0.1, 0.15) is 0 Å². The van der Waals surface area contributed by atoms with Gasteiger partial charge in [0.05, 0.1) is 6.61 Å². The van der Waals surface area contributed by atoms with Crippen LogP contribution in [-0.2, 0) is 9.53 Å². The molecule has 0 aromatic rings. The van der Waals surface area contributed by atoms with Crippen molar-refractivity contribution < 1.29 is 9.53 Å². The first-order valence-electron chi connectivity index (χ1n) is 9.55. The van der Waals surface area contributed by atoms with Gasteiger partial charge in [-0.15, -0.1) is 0 Å². The third-order valence-corrected chi connectivity index (χ3v) is 4.54. The molecule has 1 saturated heterocycles. The zero-order valence-corrected chi connectivity index (χ0v) is 14.0. The van der Waals surface area contributed by atoms with Gasteiger partial charge in [0.25, 0.3) is 0 Å². The number of carbonyl (C=O) groups excluding carboxylic acids is 1. The predicted molar refractivity (Wildman–Crippen MR) is 89.4 cm³/mol. The van der Waals surface area contributed by atoms with Gasteiger partial charge in [0, 0.05) is 6.42 Å². The van der Waals surface area contributed by atoms with Crippen LogP contribution in [0.2, 0.25) is 0 Å². The first-order chi connectivity index (χ1) is 10.4. The van der Waals surface area contributed by atoms with Crippen molar-refractivity contribution in [3.63, 3.8) is 0 Å². The predicted octanol–water partition coefficient (Wildman–Crippen LogP) is 6.17. The Morgan fingerprint density at radius 1 is 0.476 bits per heavy atom. The number of rotatable bonds is 0. The van der Waals surface area contributed by atoms with Gasteiger partial charge >= 0.3 is 5.97 Å². The number of cyclic esters (lactones) is 1. The minimum absolute atomic E-state index is 0.0180. The second kappa shape index (κ2) is 14.4. The normalized spacial score (nSPS) is 23.1. The molecule has 0 spiro atoms. The molecule has 1 aliphatic heterocycles. The van der Waals surface area contributed by atoms with Crippen LogP contribution >= 0.6 is 0 Å². The molecule has 2 nitrogen and oxygen atoms in total. The van der Waals surface area contributed by atoms with Gasteiger partial charge in [-0.2, -0.15) is 0 Å². The van der Waals surface area contributed by atoms with E-state index in [1.165, 1.54) is 89.9 Å². The molecule has 2 heteroatoms. The van der Waals surface area contributed by atoms with Gasteiger partial charge in [0.2, 0.25) is 0 Å². The summed E-state index contributed by atoms with van der Waals surface area (Å²) in [5, 5.41) is 0. The summed E-state index contributed by atoms with van der Waals surface area (Å²) in [4.78, 5) is 11.5. The average molecular weight is 296 g/mol. The van der Waals surface area contributed by atoms with Crippen LogP contribution in [0.15, 0.2) is 0 Å². The summed E-state index contributed by atoms with van der Waals surface area (Å²) >= 11 is 0. The Hall–Kier alpha value is -0.530. The third kappa shape index (κ3) is 12.9. The Morgan fingerprint density at radius 2 is 0.810 bits per heavy atom. The summed E-state index contributed by atoms with van der Waals surface area (Å²) in [6.07, 6.45) is 21.7. The summed E-state index contributed by atoms with van der Waals surface area (Å²) < 4.78 is 5.29. The van der Waals surface area contributed by atoms with Crippen molar-refractivity contribution in [2.75, 3.05) is 6.61 Å². The van der Waals surface area contributed by atoms with Crippen LogP contribution < -0.4 is 0 Å². The van der Waals surface area contributed by atoms with Crippen LogP contribution in [-0.4, -0.2) is 12.6 Å². The van der Waals surface area contributed by atoms with E-state index in [1.807, 2.05) is 0 Å². The molecule has 0 radical (unpaired) electrons. The Labute approximate surface area is 132 Å². The molecule has 1 rings (SSSR count). The maximum absolute atomic E-state index is 11.5. The van der Waals surface area contributed by atoms with E-state index in [-0.39, 0.29) is 5.97 Å². The molecule has 124 valence electrons. The van der Waals surface area contributed by atoms with E-state index in [4.69, 9.17) is 4.74 Å².